The molecule has 1 amide bonds. The number of carbonyl (C=O) groups excluding carboxylic acids is 1. The third kappa shape index (κ3) is 5.03. The summed E-state index contributed by atoms with van der Waals surface area (Å²) in [6.45, 7) is 1.73. The van der Waals surface area contributed by atoms with Gasteiger partial charge in [0.05, 0.1) is 7.11 Å². The van der Waals surface area contributed by atoms with E-state index >= 15 is 0 Å². The fourth-order valence-corrected chi connectivity index (χ4v) is 3.87. The number of methoxy groups -OCH3 is 1. The Morgan fingerprint density at radius 3 is 2.50 bits per heavy atom. The monoisotopic (exact) mass is 405 g/mol. The average Bonchev–Trinajstić information content (AvgIpc) is 3.27. The normalized spacial score (nSPS) is 14.6. The molecule has 7 heteroatoms. The minimum atomic E-state index is 0.0561. The van der Waals surface area contributed by atoms with Crippen LogP contribution in [0.15, 0.2) is 54.6 Å². The van der Waals surface area contributed by atoms with Crippen LogP contribution >= 0.6 is 0 Å². The number of ether oxygens (including phenoxy) is 1. The molecule has 0 N–H and O–H groups in total. The number of aromatic nitrogens is 4. The number of rotatable bonds is 7. The number of piperidine rings is 1. The molecule has 0 unspecified atom stereocenters. The number of benzene rings is 2. The van der Waals surface area contributed by atoms with Crippen molar-refractivity contribution in [1.82, 2.24) is 25.1 Å². The highest BCUT2D eigenvalue weighted by molar-refractivity contribution is 5.75. The summed E-state index contributed by atoms with van der Waals surface area (Å²) in [4.78, 5) is 16.0. The molecule has 3 aromatic rings. The van der Waals surface area contributed by atoms with Crippen LogP contribution < -0.4 is 4.74 Å². The predicted molar refractivity (Wildman–Crippen MR) is 114 cm³/mol. The molecule has 1 saturated heterocycles. The van der Waals surface area contributed by atoms with Gasteiger partial charge in [0.25, 0.3) is 0 Å². The van der Waals surface area contributed by atoms with Gasteiger partial charge in [-0.2, -0.15) is 4.80 Å². The van der Waals surface area contributed by atoms with Crippen molar-refractivity contribution in [1.29, 1.82) is 0 Å². The first-order chi connectivity index (χ1) is 14.7. The standard InChI is InChI=1S/C23H27N5O2/c1-30-21-11-9-18(10-12-21)7-8-19-13-15-27(16-14-19)22(29)17-28-25-23(24-26-28)20-5-3-2-4-6-20/h2-6,9-12,19H,7-8,13-17H2,1H3. The Labute approximate surface area is 176 Å². The van der Waals surface area contributed by atoms with Gasteiger partial charge in [-0.1, -0.05) is 42.5 Å². The molecule has 2 aromatic carbocycles. The lowest BCUT2D eigenvalue weighted by molar-refractivity contribution is -0.133. The molecule has 0 bridgehead atoms. The molecule has 0 aliphatic carbocycles. The number of hydrogen-bond donors (Lipinski definition) is 0. The van der Waals surface area contributed by atoms with E-state index in [-0.39, 0.29) is 12.5 Å². The van der Waals surface area contributed by atoms with Gasteiger partial charge in [0.1, 0.15) is 12.3 Å². The SMILES string of the molecule is COc1ccc(CCC2CCN(C(=O)Cn3nnc(-c4ccccc4)n3)CC2)cc1. The zero-order valence-electron chi connectivity index (χ0n) is 17.3. The van der Waals surface area contributed by atoms with Crippen molar-refractivity contribution in [2.24, 2.45) is 5.92 Å². The molecule has 4 rings (SSSR count). The summed E-state index contributed by atoms with van der Waals surface area (Å²) in [7, 11) is 1.69. The first kappa shape index (κ1) is 20.1. The Balaban J connectivity index is 1.23. The van der Waals surface area contributed by atoms with E-state index in [0.29, 0.717) is 11.7 Å². The van der Waals surface area contributed by atoms with Crippen LogP contribution in [0.1, 0.15) is 24.8 Å². The molecule has 1 aromatic heterocycles. The van der Waals surface area contributed by atoms with Gasteiger partial charge in [0.2, 0.25) is 11.7 Å². The van der Waals surface area contributed by atoms with Crippen molar-refractivity contribution < 1.29 is 9.53 Å². The number of carbonyl (C=O) groups is 1. The molecular formula is C23H27N5O2. The van der Waals surface area contributed by atoms with E-state index in [0.717, 1.165) is 50.1 Å². The molecule has 1 aliphatic rings. The molecule has 7 nitrogen and oxygen atoms in total. The number of aryl methyl sites for hydroxylation is 1. The van der Waals surface area contributed by atoms with Crippen LogP contribution in [0.3, 0.4) is 0 Å². The third-order valence-corrected chi connectivity index (χ3v) is 5.73. The van der Waals surface area contributed by atoms with Gasteiger partial charge in [0.15, 0.2) is 0 Å². The predicted octanol–water partition coefficient (Wildman–Crippen LogP) is 3.22. The van der Waals surface area contributed by atoms with E-state index in [1.165, 1.54) is 10.4 Å². The zero-order chi connectivity index (χ0) is 20.8. The number of hydrogen-bond acceptors (Lipinski definition) is 5. The fourth-order valence-electron chi connectivity index (χ4n) is 3.87. The van der Waals surface area contributed by atoms with E-state index < -0.39 is 0 Å². The lowest BCUT2D eigenvalue weighted by atomic mass is 9.90. The zero-order valence-corrected chi connectivity index (χ0v) is 17.3. The summed E-state index contributed by atoms with van der Waals surface area (Å²) in [6.07, 6.45) is 4.30. The van der Waals surface area contributed by atoms with Crippen LogP contribution in [0, 0.1) is 5.92 Å². The quantitative estimate of drug-likeness (QED) is 0.603. The lowest BCUT2D eigenvalue weighted by Crippen LogP contribution is -2.40. The Hall–Kier alpha value is -3.22. The van der Waals surface area contributed by atoms with Crippen molar-refractivity contribution in [3.8, 4) is 17.1 Å². The maximum Gasteiger partial charge on any atom is 0.246 e. The van der Waals surface area contributed by atoms with E-state index in [2.05, 4.69) is 27.5 Å². The van der Waals surface area contributed by atoms with E-state index in [4.69, 9.17) is 4.74 Å². The molecule has 2 heterocycles. The summed E-state index contributed by atoms with van der Waals surface area (Å²) in [5.41, 5.74) is 2.23. The second-order valence-electron chi connectivity index (χ2n) is 7.72. The van der Waals surface area contributed by atoms with Crippen LogP contribution in [0.5, 0.6) is 5.75 Å². The Bertz CT molecular complexity index is 947. The third-order valence-electron chi connectivity index (χ3n) is 5.73. The second-order valence-corrected chi connectivity index (χ2v) is 7.72. The van der Waals surface area contributed by atoms with Crippen molar-refractivity contribution in [3.63, 3.8) is 0 Å². The molecule has 0 saturated carbocycles. The summed E-state index contributed by atoms with van der Waals surface area (Å²) in [5, 5.41) is 12.4. The van der Waals surface area contributed by atoms with Crippen LogP contribution in [0.4, 0.5) is 0 Å². The van der Waals surface area contributed by atoms with Crippen LogP contribution in [0.2, 0.25) is 0 Å². The number of amides is 1. The van der Waals surface area contributed by atoms with Crippen molar-refractivity contribution in [3.05, 3.63) is 60.2 Å². The van der Waals surface area contributed by atoms with Crippen LogP contribution in [-0.2, 0) is 17.8 Å². The van der Waals surface area contributed by atoms with Gasteiger partial charge >= 0.3 is 0 Å². The average molecular weight is 406 g/mol. The highest BCUT2D eigenvalue weighted by atomic mass is 16.5. The summed E-state index contributed by atoms with van der Waals surface area (Å²) >= 11 is 0. The molecule has 30 heavy (non-hydrogen) atoms. The molecule has 0 radical (unpaired) electrons. The number of tetrazole rings is 1. The van der Waals surface area contributed by atoms with Crippen molar-refractivity contribution in [2.45, 2.75) is 32.2 Å². The molecule has 0 atom stereocenters. The van der Waals surface area contributed by atoms with Gasteiger partial charge < -0.3 is 9.64 Å². The van der Waals surface area contributed by atoms with E-state index in [1.54, 1.807) is 7.11 Å². The smallest absolute Gasteiger partial charge is 0.246 e. The summed E-state index contributed by atoms with van der Waals surface area (Å²) in [5.74, 6) is 2.15. The van der Waals surface area contributed by atoms with Gasteiger partial charge in [-0.05, 0) is 54.5 Å². The topological polar surface area (TPSA) is 73.1 Å². The first-order valence-electron chi connectivity index (χ1n) is 10.4. The van der Waals surface area contributed by atoms with Crippen molar-refractivity contribution >= 4 is 5.91 Å². The van der Waals surface area contributed by atoms with Gasteiger partial charge in [-0.15, -0.1) is 10.2 Å². The maximum absolute atomic E-state index is 12.6. The highest BCUT2D eigenvalue weighted by Crippen LogP contribution is 2.23. The second kappa shape index (κ2) is 9.52. The lowest BCUT2D eigenvalue weighted by Gasteiger charge is -2.32. The minimum Gasteiger partial charge on any atom is -0.497 e. The van der Waals surface area contributed by atoms with E-state index in [9.17, 15) is 4.79 Å². The molecular weight excluding hydrogens is 378 g/mol. The van der Waals surface area contributed by atoms with E-state index in [1.807, 2.05) is 47.4 Å². The summed E-state index contributed by atoms with van der Waals surface area (Å²) in [6, 6.07) is 18.0. The van der Waals surface area contributed by atoms with Crippen LogP contribution in [-0.4, -0.2) is 51.2 Å². The Kier molecular flexibility index (Phi) is 6.37. The van der Waals surface area contributed by atoms with Gasteiger partial charge in [0, 0.05) is 18.7 Å². The minimum absolute atomic E-state index is 0.0561. The first-order valence-corrected chi connectivity index (χ1v) is 10.4. The van der Waals surface area contributed by atoms with Crippen LogP contribution in [0.25, 0.3) is 11.4 Å². The molecule has 1 fully saturated rings. The molecule has 0 spiro atoms. The number of likely N-dealkylation sites (tertiary alicyclic amines) is 1. The maximum atomic E-state index is 12.6. The fraction of sp³-hybridized carbons (Fsp3) is 0.391. The number of nitrogens with zero attached hydrogens (tertiary/aromatic N) is 5. The molecule has 156 valence electrons. The Morgan fingerprint density at radius 1 is 1.07 bits per heavy atom. The Morgan fingerprint density at radius 2 is 1.80 bits per heavy atom. The summed E-state index contributed by atoms with van der Waals surface area (Å²) < 4.78 is 5.21. The largest absolute Gasteiger partial charge is 0.497 e. The highest BCUT2D eigenvalue weighted by Gasteiger charge is 2.23. The van der Waals surface area contributed by atoms with Gasteiger partial charge in [-0.3, -0.25) is 4.79 Å². The molecule has 1 aliphatic heterocycles. The van der Waals surface area contributed by atoms with Gasteiger partial charge in [-0.25, -0.2) is 0 Å². The van der Waals surface area contributed by atoms with Crippen molar-refractivity contribution in [2.75, 3.05) is 20.2 Å².